The number of hydrogen-bond acceptors (Lipinski definition) is 1. The van der Waals surface area contributed by atoms with E-state index in [1.807, 2.05) is 24.3 Å². The van der Waals surface area contributed by atoms with Crippen molar-refractivity contribution in [2.75, 3.05) is 6.54 Å². The number of likely N-dealkylation sites (tertiary alicyclic amines) is 1. The molecule has 3 heteroatoms. The maximum Gasteiger partial charge on any atom is 0.255 e. The van der Waals surface area contributed by atoms with E-state index in [1.54, 1.807) is 0 Å². The number of carbonyl (C=O) groups is 1. The lowest BCUT2D eigenvalue weighted by molar-refractivity contribution is 0.0319. The molecule has 0 N–H and O–H groups in total. The summed E-state index contributed by atoms with van der Waals surface area (Å²) in [6, 6.07) is 18.6. The normalized spacial score (nSPS) is 26.1. The van der Waals surface area contributed by atoms with E-state index in [0.717, 1.165) is 19.4 Å². The van der Waals surface area contributed by atoms with Gasteiger partial charge in [0.25, 0.3) is 5.91 Å². The second kappa shape index (κ2) is 7.21. The average molecular weight is 354 g/mol. The van der Waals surface area contributed by atoms with Crippen molar-refractivity contribution in [3.05, 3.63) is 70.7 Å². The molecule has 2 aromatic rings. The van der Waals surface area contributed by atoms with Gasteiger partial charge in [-0.3, -0.25) is 4.79 Å². The molecule has 25 heavy (non-hydrogen) atoms. The Kier molecular flexibility index (Phi) is 4.80. The van der Waals surface area contributed by atoms with Crippen molar-refractivity contribution in [1.82, 2.24) is 4.90 Å². The number of benzene rings is 2. The number of nitrogens with zero attached hydrogens (tertiary/aromatic N) is 1. The van der Waals surface area contributed by atoms with E-state index < -0.39 is 0 Å². The fourth-order valence-electron chi connectivity index (χ4n) is 4.81. The summed E-state index contributed by atoms with van der Waals surface area (Å²) < 4.78 is 0. The van der Waals surface area contributed by atoms with Gasteiger partial charge in [-0.25, -0.2) is 0 Å². The van der Waals surface area contributed by atoms with E-state index in [-0.39, 0.29) is 5.91 Å². The third-order valence-electron chi connectivity index (χ3n) is 5.97. The van der Waals surface area contributed by atoms with E-state index in [2.05, 4.69) is 35.2 Å². The Morgan fingerprint density at radius 1 is 0.920 bits per heavy atom. The zero-order valence-corrected chi connectivity index (χ0v) is 15.2. The smallest absolute Gasteiger partial charge is 0.255 e. The predicted molar refractivity (Wildman–Crippen MR) is 102 cm³/mol. The minimum Gasteiger partial charge on any atom is -0.335 e. The molecule has 0 aromatic heterocycles. The number of amides is 1. The summed E-state index contributed by atoms with van der Waals surface area (Å²) in [6.45, 7) is 0.824. The SMILES string of the molecule is O=C(c1ccccc1Cl)N1CC[C@@H](c2ccccc2)[C@@H]2CCCC[C@@H]21. The molecule has 1 amide bonds. The highest BCUT2D eigenvalue weighted by Crippen LogP contribution is 2.44. The van der Waals surface area contributed by atoms with Crippen LogP contribution >= 0.6 is 11.6 Å². The Morgan fingerprint density at radius 3 is 2.44 bits per heavy atom. The fourth-order valence-corrected chi connectivity index (χ4v) is 5.03. The highest BCUT2D eigenvalue weighted by Gasteiger charge is 2.42. The van der Waals surface area contributed by atoms with Crippen molar-refractivity contribution in [3.63, 3.8) is 0 Å². The van der Waals surface area contributed by atoms with Crippen LogP contribution in [0, 0.1) is 5.92 Å². The van der Waals surface area contributed by atoms with Crippen molar-refractivity contribution >= 4 is 17.5 Å². The van der Waals surface area contributed by atoms with Gasteiger partial charge in [0.2, 0.25) is 0 Å². The molecule has 0 radical (unpaired) electrons. The molecule has 0 unspecified atom stereocenters. The molecule has 1 aliphatic heterocycles. The lowest BCUT2D eigenvalue weighted by Crippen LogP contribution is -2.52. The van der Waals surface area contributed by atoms with Gasteiger partial charge in [-0.05, 0) is 48.8 Å². The minimum absolute atomic E-state index is 0.106. The molecule has 1 aliphatic carbocycles. The Hall–Kier alpha value is -1.80. The molecule has 130 valence electrons. The first-order valence-corrected chi connectivity index (χ1v) is 9.74. The largest absolute Gasteiger partial charge is 0.335 e. The van der Waals surface area contributed by atoms with E-state index in [9.17, 15) is 4.79 Å². The van der Waals surface area contributed by atoms with Gasteiger partial charge in [0.1, 0.15) is 0 Å². The summed E-state index contributed by atoms with van der Waals surface area (Å²) in [5, 5.41) is 0.560. The highest BCUT2D eigenvalue weighted by molar-refractivity contribution is 6.33. The third kappa shape index (κ3) is 3.20. The summed E-state index contributed by atoms with van der Waals surface area (Å²) >= 11 is 6.29. The Bertz CT molecular complexity index is 745. The van der Waals surface area contributed by atoms with Crippen molar-refractivity contribution in [1.29, 1.82) is 0 Å². The van der Waals surface area contributed by atoms with Crippen molar-refractivity contribution in [2.45, 2.75) is 44.1 Å². The van der Waals surface area contributed by atoms with Crippen LogP contribution < -0.4 is 0 Å². The first-order valence-electron chi connectivity index (χ1n) is 9.36. The summed E-state index contributed by atoms with van der Waals surface area (Å²) in [6.07, 6.45) is 5.87. The summed E-state index contributed by atoms with van der Waals surface area (Å²) in [4.78, 5) is 15.3. The molecule has 2 aliphatic rings. The van der Waals surface area contributed by atoms with Crippen LogP contribution in [0.15, 0.2) is 54.6 Å². The number of halogens is 1. The van der Waals surface area contributed by atoms with E-state index >= 15 is 0 Å². The number of rotatable bonds is 2. The van der Waals surface area contributed by atoms with Crippen molar-refractivity contribution in [2.24, 2.45) is 5.92 Å². The minimum atomic E-state index is 0.106. The zero-order valence-electron chi connectivity index (χ0n) is 14.4. The number of piperidine rings is 1. The Morgan fingerprint density at radius 2 is 1.64 bits per heavy atom. The quantitative estimate of drug-likeness (QED) is 0.695. The number of hydrogen-bond donors (Lipinski definition) is 0. The van der Waals surface area contributed by atoms with Crippen LogP contribution in [0.5, 0.6) is 0 Å². The topological polar surface area (TPSA) is 20.3 Å². The van der Waals surface area contributed by atoms with Gasteiger partial charge in [-0.1, -0.05) is 66.9 Å². The van der Waals surface area contributed by atoms with Gasteiger partial charge in [0.05, 0.1) is 10.6 Å². The lowest BCUT2D eigenvalue weighted by Gasteiger charge is -2.48. The predicted octanol–water partition coefficient (Wildman–Crippen LogP) is 5.53. The maximum absolute atomic E-state index is 13.2. The fraction of sp³-hybridized carbons (Fsp3) is 0.409. The summed E-state index contributed by atoms with van der Waals surface area (Å²) in [7, 11) is 0. The molecule has 1 saturated heterocycles. The molecule has 1 saturated carbocycles. The van der Waals surface area contributed by atoms with Crippen LogP contribution in [-0.2, 0) is 0 Å². The zero-order chi connectivity index (χ0) is 17.2. The first-order chi connectivity index (χ1) is 12.3. The standard InChI is InChI=1S/C22H24ClNO/c23-20-12-6-4-11-19(20)22(25)24-15-14-17(16-8-2-1-3-9-16)18-10-5-7-13-21(18)24/h1-4,6,8-9,11-12,17-18,21H,5,7,10,13-15H2/t17-,18-,21-/m0/s1. The van der Waals surface area contributed by atoms with E-state index in [4.69, 9.17) is 11.6 Å². The van der Waals surface area contributed by atoms with Gasteiger partial charge in [-0.15, -0.1) is 0 Å². The number of fused-ring (bicyclic) bond motifs is 1. The summed E-state index contributed by atoms with van der Waals surface area (Å²) in [5.41, 5.74) is 2.08. The highest BCUT2D eigenvalue weighted by atomic mass is 35.5. The second-order valence-corrected chi connectivity index (χ2v) is 7.71. The second-order valence-electron chi connectivity index (χ2n) is 7.30. The first kappa shape index (κ1) is 16.7. The average Bonchev–Trinajstić information content (AvgIpc) is 2.68. The van der Waals surface area contributed by atoms with Crippen molar-refractivity contribution < 1.29 is 4.79 Å². The lowest BCUT2D eigenvalue weighted by atomic mass is 9.69. The van der Waals surface area contributed by atoms with Crippen LogP contribution in [0.1, 0.15) is 53.9 Å². The van der Waals surface area contributed by atoms with Gasteiger partial charge < -0.3 is 4.90 Å². The molecule has 1 heterocycles. The van der Waals surface area contributed by atoms with E-state index in [1.165, 1.54) is 24.8 Å². The molecule has 3 atom stereocenters. The molecule has 2 fully saturated rings. The molecule has 2 aromatic carbocycles. The van der Waals surface area contributed by atoms with Crippen LogP contribution in [0.4, 0.5) is 0 Å². The van der Waals surface area contributed by atoms with Crippen LogP contribution in [0.3, 0.4) is 0 Å². The van der Waals surface area contributed by atoms with Crippen LogP contribution in [0.2, 0.25) is 5.02 Å². The maximum atomic E-state index is 13.2. The molecule has 2 nitrogen and oxygen atoms in total. The van der Waals surface area contributed by atoms with Gasteiger partial charge in [0.15, 0.2) is 0 Å². The molecule has 0 spiro atoms. The summed E-state index contributed by atoms with van der Waals surface area (Å²) in [5.74, 6) is 1.24. The Balaban J connectivity index is 1.62. The van der Waals surface area contributed by atoms with Crippen LogP contribution in [-0.4, -0.2) is 23.4 Å². The van der Waals surface area contributed by atoms with Crippen LogP contribution in [0.25, 0.3) is 0 Å². The van der Waals surface area contributed by atoms with E-state index in [0.29, 0.717) is 28.5 Å². The molecular formula is C22H24ClNO. The molecule has 0 bridgehead atoms. The third-order valence-corrected chi connectivity index (χ3v) is 6.30. The molecule has 4 rings (SSSR count). The Labute approximate surface area is 154 Å². The van der Waals surface area contributed by atoms with Crippen molar-refractivity contribution in [3.8, 4) is 0 Å². The van der Waals surface area contributed by atoms with Gasteiger partial charge in [0, 0.05) is 12.6 Å². The monoisotopic (exact) mass is 353 g/mol. The number of carbonyl (C=O) groups excluding carboxylic acids is 1. The van der Waals surface area contributed by atoms with Gasteiger partial charge in [-0.2, -0.15) is 0 Å². The molecular weight excluding hydrogens is 330 g/mol. The van der Waals surface area contributed by atoms with Gasteiger partial charge >= 0.3 is 0 Å².